The lowest BCUT2D eigenvalue weighted by Gasteiger charge is -2.53. The number of halogens is 7. The molecule has 0 N–H and O–H groups in total. The van der Waals surface area contributed by atoms with Crippen molar-refractivity contribution < 1.29 is 90.3 Å². The molecule has 14 nitrogen and oxygen atoms in total. The van der Waals surface area contributed by atoms with E-state index in [1.807, 2.05) is 0 Å². The molecule has 0 saturated carbocycles. The largest absolute Gasteiger partial charge is 0.478 e. The molecule has 6 aliphatic heterocycles. The van der Waals surface area contributed by atoms with E-state index in [4.69, 9.17) is 69.7 Å². The molecule has 0 aliphatic carbocycles. The van der Waals surface area contributed by atoms with E-state index in [1.54, 1.807) is 48.5 Å². The van der Waals surface area contributed by atoms with Crippen LogP contribution in [-0.2, 0) is 58.9 Å². The number of ether oxygens (including phenoxy) is 1. The van der Waals surface area contributed by atoms with E-state index in [-0.39, 0.29) is 70.1 Å². The Morgan fingerprint density at radius 3 is 1.14 bits per heavy atom. The molecule has 29 heteroatoms. The van der Waals surface area contributed by atoms with E-state index in [0.29, 0.717) is 44.9 Å². The van der Waals surface area contributed by atoms with Crippen LogP contribution in [0.3, 0.4) is 0 Å². The molecule has 0 amide bonds. The summed E-state index contributed by atoms with van der Waals surface area (Å²) in [5.41, 5.74) is 0.181. The second kappa shape index (κ2) is 35.6. The van der Waals surface area contributed by atoms with Crippen molar-refractivity contribution in [3.05, 3.63) is 12.2 Å². The van der Waals surface area contributed by atoms with Gasteiger partial charge in [0.25, 0.3) is 2.90 Å². The Balaban J connectivity index is -0.00000129. The number of rotatable bonds is 14. The minimum Gasteiger partial charge on any atom is -0.462 e. The van der Waals surface area contributed by atoms with Crippen molar-refractivity contribution in [2.45, 2.75) is 125 Å². The predicted molar refractivity (Wildman–Crippen MR) is 218 cm³/mol. The number of carbonyl (C=O) groups is 1. The third-order valence-electron chi connectivity index (χ3n) is 5.92. The molecule has 0 radical (unpaired) electrons. The molecule has 0 aromatic rings. The van der Waals surface area contributed by atoms with Gasteiger partial charge >= 0.3 is 79.7 Å². The van der Waals surface area contributed by atoms with Gasteiger partial charge in [-0.25, -0.2) is 4.79 Å². The molecule has 344 valence electrons. The SMILES string of the molecule is CCCF.CCCF.CCCF.CCCF.CCCF.[3H]F.[3H]F.[3H][Si]12O[Si]3([3H])O[Si]4([3H])O[Si](CCCOC(=O)C(=C)C)(O1)O[Si]1([3H])O[Si]([3H])(O2)O[Si](CCC)(O3)O[Si](CCC)(O4)O1. The van der Waals surface area contributed by atoms with Gasteiger partial charge in [-0.05, 0) is 45.4 Å². The molecular weight excluding hydrogens is 918 g/mol. The van der Waals surface area contributed by atoms with Gasteiger partial charge in [-0.2, -0.15) is 0 Å². The molecule has 57 heavy (non-hydrogen) atoms. The van der Waals surface area contributed by atoms with E-state index in [2.05, 4.69) is 9.48 Å². The number of esters is 1. The second-order valence-corrected chi connectivity index (χ2v) is 29.4. The van der Waals surface area contributed by atoms with Crippen LogP contribution in [0.5, 0.6) is 0 Å². The lowest BCUT2D eigenvalue weighted by atomic mass is 10.4. The zero-order valence-electron chi connectivity index (χ0n) is 41.1. The van der Waals surface area contributed by atoms with Crippen molar-refractivity contribution in [2.24, 2.45) is 0 Å². The zero-order valence-corrected chi connectivity index (χ0v) is 42.1. The molecule has 0 spiro atoms. The Labute approximate surface area is 355 Å². The topological polar surface area (TPSA) is 137 Å². The Morgan fingerprint density at radius 2 is 0.842 bits per heavy atom. The number of carbonyl (C=O) groups excluding carboxylic acids is 1. The molecule has 4 unspecified atom stereocenters. The summed E-state index contributed by atoms with van der Waals surface area (Å²) >= 11 is 0. The lowest BCUT2D eigenvalue weighted by molar-refractivity contribution is -0.139. The highest BCUT2D eigenvalue weighted by Gasteiger charge is 2.68. The maximum absolute atomic E-state index is 11.9. The van der Waals surface area contributed by atoms with Crippen molar-refractivity contribution in [1.29, 1.82) is 9.08 Å². The van der Waals surface area contributed by atoms with Gasteiger partial charge in [-0.1, -0.05) is 67.9 Å². The van der Waals surface area contributed by atoms with Crippen LogP contribution in [0.1, 0.15) is 107 Å². The molecular formula is C28H67F7O14Si8. The summed E-state index contributed by atoms with van der Waals surface area (Å²) in [6.07, 6.45) is 4.10. The van der Waals surface area contributed by atoms with Gasteiger partial charge in [-0.3, -0.25) is 31.4 Å². The standard InChI is InChI=1S/C13H30O14Si8.5C3H7F.2FH/c1-5-9-34-21-29-16-28-17-30(22-34)19-32-24-33(20-28,11-7-8-15-13(14)12(3)4)23-31(18-29)25-35(26-32,27-34)10-6-2;5*1-2-3-4;;/h28-32H,3,5-11H2,1-2,4H3;5*2-3H2,1H3;2*1H/i28T,29T,30T,31T,32T;;;;;;;/hT2. The molecule has 6 rings (SSSR count). The van der Waals surface area contributed by atoms with Crippen molar-refractivity contribution in [3.8, 4) is 0 Å². The first kappa shape index (κ1) is 48.0. The molecule has 6 fully saturated rings. The number of hydrogen-bond acceptors (Lipinski definition) is 14. The van der Waals surface area contributed by atoms with Crippen LogP contribution in [-0.4, -0.2) is 129 Å². The van der Waals surface area contributed by atoms with Crippen LogP contribution in [0.25, 0.3) is 0 Å². The average molecular weight is 1000 g/mol. The van der Waals surface area contributed by atoms with E-state index < -0.39 is 79.7 Å². The van der Waals surface area contributed by atoms with E-state index in [9.17, 15) is 26.7 Å². The Bertz CT molecular complexity index is 1210. The van der Waals surface area contributed by atoms with Crippen LogP contribution < -0.4 is 0 Å². The predicted octanol–water partition coefficient (Wildman–Crippen LogP) is 6.12. The van der Waals surface area contributed by atoms with Gasteiger partial charge < -0.3 is 54.1 Å². The molecule has 0 aromatic carbocycles. The summed E-state index contributed by atoms with van der Waals surface area (Å²) < 4.78 is 202. The fourth-order valence-electron chi connectivity index (χ4n) is 3.55. The maximum atomic E-state index is 11.9. The summed E-state index contributed by atoms with van der Waals surface area (Å²) in [7, 11) is -37.3. The zero-order chi connectivity index (χ0) is 50.4. The van der Waals surface area contributed by atoms with E-state index in [0.717, 1.165) is 0 Å². The van der Waals surface area contributed by atoms with Gasteiger partial charge in [0, 0.05) is 23.7 Å². The molecule has 6 heterocycles. The van der Waals surface area contributed by atoms with Gasteiger partial charge in [0.2, 0.25) is 0 Å². The summed E-state index contributed by atoms with van der Waals surface area (Å²) in [6.45, 7) is 16.6. The van der Waals surface area contributed by atoms with Gasteiger partial charge in [0.15, 0.2) is 0 Å². The third-order valence-corrected chi connectivity index (χ3v) is 30.3. The van der Waals surface area contributed by atoms with Gasteiger partial charge in [0.1, 0.15) is 6.17 Å². The van der Waals surface area contributed by atoms with Crippen LogP contribution in [0.2, 0.25) is 18.1 Å². The monoisotopic (exact) mass is 998 g/mol. The van der Waals surface area contributed by atoms with E-state index >= 15 is 0 Å². The van der Waals surface area contributed by atoms with Crippen molar-refractivity contribution in [1.82, 2.24) is 0 Å². The summed E-state index contributed by atoms with van der Waals surface area (Å²) in [4.78, 5) is 11.9. The Kier molecular flexibility index (Phi) is 30.0. The average Bonchev–Trinajstić information content (AvgIpc) is 3.21. The first-order chi connectivity index (χ1) is 30.0. The molecule has 6 aliphatic rings. The highest BCUT2D eigenvalue weighted by Crippen LogP contribution is 2.40. The van der Waals surface area contributed by atoms with Gasteiger partial charge in [-0.15, -0.1) is 0 Å². The number of alkyl halides is 5. The summed E-state index contributed by atoms with van der Waals surface area (Å²) in [6, 6.07) is -0.131. The Morgan fingerprint density at radius 1 is 0.561 bits per heavy atom. The van der Waals surface area contributed by atoms with Crippen LogP contribution in [0.15, 0.2) is 12.2 Å². The molecule has 8 bridgehead atoms. The molecule has 0 aromatic heterocycles. The quantitative estimate of drug-likeness (QED) is 0.0650. The minimum absolute atomic E-state index is 0.0190. The normalized spacial score (nSPS) is 37.7. The van der Waals surface area contributed by atoms with Crippen molar-refractivity contribution in [2.75, 3.05) is 40.0 Å². The first-order valence-electron chi connectivity index (χ1n) is 21.8. The maximum Gasteiger partial charge on any atom is 0.478 e. The minimum atomic E-state index is -4.95. The second-order valence-electron chi connectivity index (χ2n) is 11.5. The smallest absolute Gasteiger partial charge is 0.462 e. The van der Waals surface area contributed by atoms with Crippen LogP contribution in [0, 0.1) is 0 Å². The van der Waals surface area contributed by atoms with Crippen LogP contribution >= 0.6 is 0 Å². The molecule has 6 saturated heterocycles. The number of hydrogen-bond donors (Lipinski definition) is 0. The Hall–Kier alpha value is -0.0249. The fraction of sp³-hybridized carbons (Fsp3) is 0.893. The fourth-order valence-corrected chi connectivity index (χ4v) is 33.2. The summed E-state index contributed by atoms with van der Waals surface area (Å²) in [5.74, 6) is -0.637. The first-order valence-corrected chi connectivity index (χ1v) is 30.5. The highest BCUT2D eigenvalue weighted by molar-refractivity contribution is 6.92. The van der Waals surface area contributed by atoms with Crippen molar-refractivity contribution >= 4 is 79.7 Å². The summed E-state index contributed by atoms with van der Waals surface area (Å²) in [5, 5.41) is 0. The van der Waals surface area contributed by atoms with E-state index in [1.165, 1.54) is 6.92 Å². The third kappa shape index (κ3) is 24.3. The van der Waals surface area contributed by atoms with Gasteiger partial charge in [0.05, 0.1) is 40.0 Å². The van der Waals surface area contributed by atoms with Crippen LogP contribution in [0.4, 0.5) is 31.4 Å². The molecule has 4 atom stereocenters. The van der Waals surface area contributed by atoms with Crippen molar-refractivity contribution in [3.63, 3.8) is 0 Å². The lowest BCUT2D eigenvalue weighted by Crippen LogP contribution is -2.77. The highest BCUT2D eigenvalue weighted by atomic mass is 28.6.